The predicted molar refractivity (Wildman–Crippen MR) is 106 cm³/mol. The van der Waals surface area contributed by atoms with Gasteiger partial charge >= 0.3 is 6.09 Å². The van der Waals surface area contributed by atoms with E-state index in [4.69, 9.17) is 4.74 Å². The maximum atomic E-state index is 13.5. The molecule has 0 saturated carbocycles. The molecule has 0 unspecified atom stereocenters. The van der Waals surface area contributed by atoms with E-state index < -0.39 is 0 Å². The lowest BCUT2D eigenvalue weighted by atomic mass is 10.0. The lowest BCUT2D eigenvalue weighted by Crippen LogP contribution is -2.49. The zero-order chi connectivity index (χ0) is 20.5. The van der Waals surface area contributed by atoms with E-state index in [9.17, 15) is 14.3 Å². The summed E-state index contributed by atoms with van der Waals surface area (Å²) in [7, 11) is 0. The van der Waals surface area contributed by atoms with Gasteiger partial charge in [0.15, 0.2) is 0 Å². The Morgan fingerprint density at radius 1 is 1.28 bits per heavy atom. The molecule has 0 radical (unpaired) electrons. The van der Waals surface area contributed by atoms with Crippen LogP contribution in [0.4, 0.5) is 9.18 Å². The Labute approximate surface area is 171 Å². The highest BCUT2D eigenvalue weighted by atomic mass is 32.1. The molecule has 8 nitrogen and oxygen atoms in total. The number of thiazole rings is 1. The molecule has 4 rings (SSSR count). The second kappa shape index (κ2) is 7.96. The molecule has 1 aromatic carbocycles. The maximum absolute atomic E-state index is 13.5. The third kappa shape index (κ3) is 3.77. The van der Waals surface area contributed by atoms with Crippen molar-refractivity contribution in [2.75, 3.05) is 32.8 Å². The van der Waals surface area contributed by atoms with Crippen molar-refractivity contribution in [1.82, 2.24) is 24.4 Å². The van der Waals surface area contributed by atoms with Crippen LogP contribution in [-0.2, 0) is 4.74 Å². The number of hydrogen-bond acceptors (Lipinski definition) is 7. The van der Waals surface area contributed by atoms with Gasteiger partial charge in [-0.3, -0.25) is 4.90 Å². The average molecular weight is 419 g/mol. The number of hydrogen-bond donors (Lipinski definition) is 1. The molecule has 1 aliphatic rings. The Balaban J connectivity index is 1.66. The number of nitrogens with zero attached hydrogens (tertiary/aromatic N) is 5. The smallest absolute Gasteiger partial charge is 0.409 e. The molecule has 154 valence electrons. The van der Waals surface area contributed by atoms with E-state index in [0.717, 1.165) is 5.56 Å². The van der Waals surface area contributed by atoms with Gasteiger partial charge < -0.3 is 14.7 Å². The van der Waals surface area contributed by atoms with Crippen molar-refractivity contribution in [1.29, 1.82) is 0 Å². The van der Waals surface area contributed by atoms with Gasteiger partial charge in [-0.1, -0.05) is 23.5 Å². The Bertz CT molecular complexity index is 1010. The zero-order valence-corrected chi connectivity index (χ0v) is 17.0. The first-order valence-corrected chi connectivity index (χ1v) is 10.3. The first kappa shape index (κ1) is 19.6. The molecule has 1 atom stereocenters. The normalized spacial score (nSPS) is 16.3. The van der Waals surface area contributed by atoms with E-state index in [0.29, 0.717) is 48.4 Å². The van der Waals surface area contributed by atoms with Crippen LogP contribution in [0.3, 0.4) is 0 Å². The van der Waals surface area contributed by atoms with E-state index in [1.165, 1.54) is 28.0 Å². The topological polar surface area (TPSA) is 83.2 Å². The van der Waals surface area contributed by atoms with E-state index in [1.807, 2.05) is 0 Å². The van der Waals surface area contributed by atoms with E-state index in [-0.39, 0.29) is 23.8 Å². The minimum absolute atomic E-state index is 0.0350. The molecule has 3 aromatic rings. The second-order valence-corrected chi connectivity index (χ2v) is 7.83. The van der Waals surface area contributed by atoms with Crippen LogP contribution in [0.2, 0.25) is 0 Å². The number of aromatic nitrogens is 3. The summed E-state index contributed by atoms with van der Waals surface area (Å²) in [6.07, 6.45) is -0.317. The summed E-state index contributed by atoms with van der Waals surface area (Å²) in [6, 6.07) is 5.97. The van der Waals surface area contributed by atoms with E-state index in [1.54, 1.807) is 30.9 Å². The van der Waals surface area contributed by atoms with Crippen LogP contribution in [0.1, 0.15) is 29.2 Å². The lowest BCUT2D eigenvalue weighted by molar-refractivity contribution is 0.0715. The molecule has 0 spiro atoms. The quantitative estimate of drug-likeness (QED) is 0.700. The number of halogens is 1. The molecule has 1 amide bonds. The monoisotopic (exact) mass is 419 g/mol. The number of amides is 1. The van der Waals surface area contributed by atoms with Crippen molar-refractivity contribution in [3.63, 3.8) is 0 Å². The lowest BCUT2D eigenvalue weighted by Gasteiger charge is -2.38. The van der Waals surface area contributed by atoms with Gasteiger partial charge in [-0.05, 0) is 31.5 Å². The fourth-order valence-electron chi connectivity index (χ4n) is 3.58. The predicted octanol–water partition coefficient (Wildman–Crippen LogP) is 2.81. The number of ether oxygens (including phenoxy) is 1. The number of benzene rings is 1. The van der Waals surface area contributed by atoms with Crippen molar-refractivity contribution in [3.8, 4) is 5.88 Å². The van der Waals surface area contributed by atoms with Crippen LogP contribution in [0, 0.1) is 12.7 Å². The SMILES string of the molecule is CCOC(=O)N1CCN([C@@H](c2ccc(F)cc2)c2sc3nc(C)nn3c2O)CC1. The summed E-state index contributed by atoms with van der Waals surface area (Å²) in [5, 5.41) is 15.1. The molecule has 1 fully saturated rings. The minimum Gasteiger partial charge on any atom is -0.492 e. The molecular weight excluding hydrogens is 397 g/mol. The first-order chi connectivity index (χ1) is 14.0. The number of piperazine rings is 1. The van der Waals surface area contributed by atoms with Gasteiger partial charge in [-0.15, -0.1) is 5.10 Å². The fraction of sp³-hybridized carbons (Fsp3) is 0.421. The summed E-state index contributed by atoms with van der Waals surface area (Å²) >= 11 is 1.36. The van der Waals surface area contributed by atoms with Gasteiger partial charge in [0.25, 0.3) is 0 Å². The summed E-state index contributed by atoms with van der Waals surface area (Å²) in [5.41, 5.74) is 0.854. The van der Waals surface area contributed by atoms with Gasteiger partial charge in [0.1, 0.15) is 11.6 Å². The van der Waals surface area contributed by atoms with E-state index >= 15 is 0 Å². The van der Waals surface area contributed by atoms with Gasteiger partial charge in [0, 0.05) is 26.2 Å². The van der Waals surface area contributed by atoms with Gasteiger partial charge in [-0.2, -0.15) is 4.52 Å². The number of aryl methyl sites for hydroxylation is 1. The van der Waals surface area contributed by atoms with Crippen molar-refractivity contribution in [2.24, 2.45) is 0 Å². The molecule has 29 heavy (non-hydrogen) atoms. The van der Waals surface area contributed by atoms with Crippen molar-refractivity contribution >= 4 is 22.4 Å². The van der Waals surface area contributed by atoms with Crippen LogP contribution in [0.15, 0.2) is 24.3 Å². The Kier molecular flexibility index (Phi) is 5.37. The van der Waals surface area contributed by atoms with E-state index in [2.05, 4.69) is 15.0 Å². The van der Waals surface area contributed by atoms with Crippen LogP contribution in [0.5, 0.6) is 5.88 Å². The van der Waals surface area contributed by atoms with Crippen LogP contribution < -0.4 is 0 Å². The number of carbonyl (C=O) groups is 1. The molecule has 1 N–H and O–H groups in total. The van der Waals surface area contributed by atoms with Crippen LogP contribution in [-0.4, -0.2) is 68.4 Å². The van der Waals surface area contributed by atoms with Crippen molar-refractivity contribution < 1.29 is 19.0 Å². The third-order valence-corrected chi connectivity index (χ3v) is 6.02. The molecule has 10 heteroatoms. The first-order valence-electron chi connectivity index (χ1n) is 9.44. The summed E-state index contributed by atoms with van der Waals surface area (Å²) < 4.78 is 20.0. The van der Waals surface area contributed by atoms with Crippen LogP contribution >= 0.6 is 11.3 Å². The standard InChI is InChI=1S/C19H22FN5O3S/c1-3-28-19(27)24-10-8-23(9-11-24)15(13-4-6-14(20)7-5-13)16-17(26)25-18(29-16)21-12(2)22-25/h4-7,15,26H,3,8-11H2,1-2H3/t15-/m0/s1. The summed E-state index contributed by atoms with van der Waals surface area (Å²) in [6.45, 7) is 6.09. The second-order valence-electron chi connectivity index (χ2n) is 6.82. The maximum Gasteiger partial charge on any atom is 0.409 e. The van der Waals surface area contributed by atoms with Gasteiger partial charge in [0.2, 0.25) is 10.8 Å². The Morgan fingerprint density at radius 2 is 1.97 bits per heavy atom. The zero-order valence-electron chi connectivity index (χ0n) is 16.2. The summed E-state index contributed by atoms with van der Waals surface area (Å²) in [4.78, 5) is 21.5. The molecule has 0 aliphatic carbocycles. The minimum atomic E-state index is -0.317. The highest BCUT2D eigenvalue weighted by Crippen LogP contribution is 2.40. The van der Waals surface area contributed by atoms with Crippen LogP contribution in [0.25, 0.3) is 4.96 Å². The third-order valence-electron chi connectivity index (χ3n) is 4.95. The Hall–Kier alpha value is -2.72. The molecule has 3 heterocycles. The largest absolute Gasteiger partial charge is 0.492 e. The molecular formula is C19H22FN5O3S. The van der Waals surface area contributed by atoms with Gasteiger partial charge in [-0.25, -0.2) is 14.2 Å². The molecule has 1 saturated heterocycles. The Morgan fingerprint density at radius 3 is 2.59 bits per heavy atom. The number of carbonyl (C=O) groups excluding carboxylic acids is 1. The highest BCUT2D eigenvalue weighted by molar-refractivity contribution is 7.17. The summed E-state index contributed by atoms with van der Waals surface area (Å²) in [5.74, 6) is 0.300. The van der Waals surface area contributed by atoms with Crippen molar-refractivity contribution in [2.45, 2.75) is 19.9 Å². The number of fused-ring (bicyclic) bond motifs is 1. The van der Waals surface area contributed by atoms with Gasteiger partial charge in [0.05, 0.1) is 17.5 Å². The molecule has 1 aliphatic heterocycles. The number of rotatable bonds is 4. The average Bonchev–Trinajstić information content (AvgIpc) is 3.22. The number of aromatic hydroxyl groups is 1. The fourth-order valence-corrected chi connectivity index (χ4v) is 4.74. The molecule has 2 aromatic heterocycles. The van der Waals surface area contributed by atoms with Crippen molar-refractivity contribution in [3.05, 3.63) is 46.3 Å². The highest BCUT2D eigenvalue weighted by Gasteiger charge is 2.32. The molecule has 0 bridgehead atoms.